The average Bonchev–Trinajstić information content (AvgIpc) is 3.05. The van der Waals surface area contributed by atoms with Crippen LogP contribution in [0, 0.1) is 0 Å². The third-order valence-corrected chi connectivity index (χ3v) is 3.34. The predicted octanol–water partition coefficient (Wildman–Crippen LogP) is 3.08. The van der Waals surface area contributed by atoms with Gasteiger partial charge in [-0.15, -0.1) is 10.2 Å². The lowest BCUT2D eigenvalue weighted by atomic mass is 10.1. The molecule has 0 bridgehead atoms. The molecule has 5 nitrogen and oxygen atoms in total. The molecule has 0 radical (unpaired) electrons. The summed E-state index contributed by atoms with van der Waals surface area (Å²) in [5.41, 5.74) is 4.88. The van der Waals surface area contributed by atoms with Crippen molar-refractivity contribution in [3.63, 3.8) is 0 Å². The topological polar surface area (TPSA) is 67.3 Å². The van der Waals surface area contributed by atoms with Crippen LogP contribution in [0.4, 0.5) is 0 Å². The minimum absolute atomic E-state index is 0.732. The molecule has 5 heteroatoms. The molecule has 0 fully saturated rings. The van der Waals surface area contributed by atoms with E-state index < -0.39 is 0 Å². The van der Waals surface area contributed by atoms with Crippen LogP contribution in [-0.2, 0) is 0 Å². The molecule has 4 rings (SSSR count). The van der Waals surface area contributed by atoms with Gasteiger partial charge < -0.3 is 0 Å². The minimum Gasteiger partial charge on any atom is -0.197 e. The normalized spacial score (nSPS) is 10.9. The number of aromatic amines is 1. The van der Waals surface area contributed by atoms with E-state index in [9.17, 15) is 0 Å². The van der Waals surface area contributed by atoms with E-state index in [4.69, 9.17) is 0 Å². The van der Waals surface area contributed by atoms with Crippen LogP contribution >= 0.6 is 0 Å². The lowest BCUT2D eigenvalue weighted by Gasteiger charge is -2.04. The second-order valence-electron chi connectivity index (χ2n) is 4.65. The fourth-order valence-electron chi connectivity index (χ4n) is 2.34. The number of hydrogen-bond acceptors (Lipinski definition) is 4. The van der Waals surface area contributed by atoms with E-state index in [1.807, 2.05) is 60.7 Å². The first-order valence-corrected chi connectivity index (χ1v) is 6.61. The Morgan fingerprint density at radius 3 is 1.43 bits per heavy atom. The van der Waals surface area contributed by atoms with Gasteiger partial charge in [0.25, 0.3) is 0 Å². The molecule has 2 heterocycles. The monoisotopic (exact) mass is 273 g/mol. The van der Waals surface area contributed by atoms with Gasteiger partial charge in [0.15, 0.2) is 0 Å². The molecule has 0 saturated heterocycles. The largest absolute Gasteiger partial charge is 0.197 e. The van der Waals surface area contributed by atoms with Gasteiger partial charge in [0, 0.05) is 11.1 Å². The first-order valence-electron chi connectivity index (χ1n) is 6.61. The van der Waals surface area contributed by atoms with Gasteiger partial charge in [-0.3, -0.25) is 0 Å². The van der Waals surface area contributed by atoms with Crippen molar-refractivity contribution >= 4 is 11.0 Å². The van der Waals surface area contributed by atoms with Crippen LogP contribution in [0.15, 0.2) is 60.7 Å². The Kier molecular flexibility index (Phi) is 2.67. The highest BCUT2D eigenvalue weighted by Gasteiger charge is 2.15. The lowest BCUT2D eigenvalue weighted by Crippen LogP contribution is -1.94. The van der Waals surface area contributed by atoms with Gasteiger partial charge in [0.2, 0.25) is 0 Å². The fourth-order valence-corrected chi connectivity index (χ4v) is 2.34. The van der Waals surface area contributed by atoms with Crippen LogP contribution in [0.3, 0.4) is 0 Å². The molecule has 0 aliphatic rings. The summed E-state index contributed by atoms with van der Waals surface area (Å²) in [5.74, 6) is 0. The van der Waals surface area contributed by atoms with Gasteiger partial charge in [-0.25, -0.2) is 0 Å². The average molecular weight is 273 g/mol. The van der Waals surface area contributed by atoms with Gasteiger partial charge in [-0.2, -0.15) is 15.4 Å². The van der Waals surface area contributed by atoms with E-state index in [0.717, 1.165) is 33.5 Å². The summed E-state index contributed by atoms with van der Waals surface area (Å²) < 4.78 is 0. The maximum atomic E-state index is 4.35. The fraction of sp³-hybridized carbons (Fsp3) is 0. The molecule has 21 heavy (non-hydrogen) atoms. The van der Waals surface area contributed by atoms with Crippen molar-refractivity contribution in [2.45, 2.75) is 0 Å². The molecule has 0 unspecified atom stereocenters. The van der Waals surface area contributed by atoms with Crippen molar-refractivity contribution in [1.82, 2.24) is 25.6 Å². The van der Waals surface area contributed by atoms with E-state index in [1.165, 1.54) is 0 Å². The van der Waals surface area contributed by atoms with Gasteiger partial charge >= 0.3 is 0 Å². The van der Waals surface area contributed by atoms with Gasteiger partial charge in [-0.05, 0) is 0 Å². The molecule has 2 aromatic carbocycles. The molecular formula is C16H11N5. The zero-order valence-corrected chi connectivity index (χ0v) is 11.1. The Hall–Kier alpha value is -3.08. The van der Waals surface area contributed by atoms with E-state index in [1.54, 1.807) is 0 Å². The van der Waals surface area contributed by atoms with Crippen LogP contribution in [0.5, 0.6) is 0 Å². The highest BCUT2D eigenvalue weighted by Crippen LogP contribution is 2.28. The molecule has 0 spiro atoms. The predicted molar refractivity (Wildman–Crippen MR) is 80.4 cm³/mol. The van der Waals surface area contributed by atoms with Crippen molar-refractivity contribution in [1.29, 1.82) is 0 Å². The molecule has 4 aromatic rings. The summed E-state index contributed by atoms with van der Waals surface area (Å²) in [7, 11) is 0. The minimum atomic E-state index is 0.732. The summed E-state index contributed by atoms with van der Waals surface area (Å²) in [6, 6.07) is 19.7. The number of nitrogens with one attached hydrogen (secondary N) is 1. The van der Waals surface area contributed by atoms with Gasteiger partial charge in [0.05, 0.1) is 0 Å². The molecule has 0 aliphatic carbocycles. The molecule has 0 saturated carbocycles. The lowest BCUT2D eigenvalue weighted by molar-refractivity contribution is 0.959. The Bertz CT molecular complexity index is 811. The number of H-pyrrole nitrogens is 1. The summed E-state index contributed by atoms with van der Waals surface area (Å²) >= 11 is 0. The smallest absolute Gasteiger partial charge is 0.143 e. The van der Waals surface area contributed by atoms with Crippen molar-refractivity contribution in [2.24, 2.45) is 0 Å². The number of fused-ring (bicyclic) bond motifs is 1. The molecule has 0 aliphatic heterocycles. The van der Waals surface area contributed by atoms with E-state index in [0.29, 0.717) is 0 Å². The Morgan fingerprint density at radius 2 is 1.00 bits per heavy atom. The molecule has 0 atom stereocenters. The van der Waals surface area contributed by atoms with E-state index >= 15 is 0 Å². The molecule has 100 valence electrons. The Labute approximate surface area is 120 Å². The molecule has 2 aromatic heterocycles. The Morgan fingerprint density at radius 1 is 0.571 bits per heavy atom. The van der Waals surface area contributed by atoms with Crippen molar-refractivity contribution < 1.29 is 0 Å². The number of aromatic nitrogens is 5. The van der Waals surface area contributed by atoms with Crippen LogP contribution in [0.1, 0.15) is 0 Å². The first-order chi connectivity index (χ1) is 10.4. The molecule has 0 amide bonds. The maximum Gasteiger partial charge on any atom is 0.143 e. The summed E-state index contributed by atoms with van der Waals surface area (Å²) in [6.45, 7) is 0. The summed E-state index contributed by atoms with van der Waals surface area (Å²) in [6.07, 6.45) is 0. The summed E-state index contributed by atoms with van der Waals surface area (Å²) in [4.78, 5) is 0. The zero-order chi connectivity index (χ0) is 14.1. The highest BCUT2D eigenvalue weighted by molar-refractivity contribution is 5.96. The summed E-state index contributed by atoms with van der Waals surface area (Å²) in [5, 5.41) is 19.9. The van der Waals surface area contributed by atoms with Crippen LogP contribution in [-0.4, -0.2) is 25.6 Å². The third kappa shape index (κ3) is 1.95. The van der Waals surface area contributed by atoms with Gasteiger partial charge in [0.1, 0.15) is 22.4 Å². The third-order valence-electron chi connectivity index (χ3n) is 3.34. The zero-order valence-electron chi connectivity index (χ0n) is 11.1. The maximum absolute atomic E-state index is 4.35. The Balaban J connectivity index is 1.97. The highest BCUT2D eigenvalue weighted by atomic mass is 15.3. The van der Waals surface area contributed by atoms with Gasteiger partial charge in [-0.1, -0.05) is 60.7 Å². The second-order valence-corrected chi connectivity index (χ2v) is 4.65. The SMILES string of the molecule is c1ccc(-c2nnc(-c3ccccc3)c3n[nH]nc23)cc1. The van der Waals surface area contributed by atoms with Crippen LogP contribution in [0.25, 0.3) is 33.5 Å². The number of hydrogen-bond donors (Lipinski definition) is 1. The number of rotatable bonds is 2. The van der Waals surface area contributed by atoms with Crippen molar-refractivity contribution in [3.05, 3.63) is 60.7 Å². The van der Waals surface area contributed by atoms with Crippen molar-refractivity contribution in [2.75, 3.05) is 0 Å². The molecule has 1 N–H and O–H groups in total. The number of benzene rings is 2. The van der Waals surface area contributed by atoms with Crippen molar-refractivity contribution in [3.8, 4) is 22.5 Å². The van der Waals surface area contributed by atoms with Crippen LogP contribution in [0.2, 0.25) is 0 Å². The van der Waals surface area contributed by atoms with E-state index in [2.05, 4.69) is 25.6 Å². The quantitative estimate of drug-likeness (QED) is 0.609. The molecular weight excluding hydrogens is 262 g/mol. The number of nitrogens with zero attached hydrogens (tertiary/aromatic N) is 4. The van der Waals surface area contributed by atoms with E-state index in [-0.39, 0.29) is 0 Å². The first kappa shape index (κ1) is 11.7. The van der Waals surface area contributed by atoms with Crippen LogP contribution < -0.4 is 0 Å². The second kappa shape index (κ2) is 4.79. The standard InChI is InChI=1S/C16H11N5/c1-3-7-11(8-4-1)13-15-16(20-21-19-15)14(18-17-13)12-9-5-2-6-10-12/h1-10H,(H,19,20,21).